The number of nitrogens with one attached hydrogen (secondary N) is 1. The molecule has 8 nitrogen and oxygen atoms in total. The van der Waals surface area contributed by atoms with Gasteiger partial charge >= 0.3 is 12.0 Å². The number of amides is 2. The molecule has 1 aromatic heterocycles. The highest BCUT2D eigenvalue weighted by Crippen LogP contribution is 2.33. The second kappa shape index (κ2) is 9.80. The van der Waals surface area contributed by atoms with Crippen molar-refractivity contribution in [3.8, 4) is 0 Å². The van der Waals surface area contributed by atoms with Gasteiger partial charge in [-0.25, -0.2) is 4.79 Å². The summed E-state index contributed by atoms with van der Waals surface area (Å²) in [6, 6.07) is 0.251. The van der Waals surface area contributed by atoms with Gasteiger partial charge in [0.2, 0.25) is 0 Å². The van der Waals surface area contributed by atoms with Crippen LogP contribution in [0.25, 0.3) is 0 Å². The lowest BCUT2D eigenvalue weighted by Crippen LogP contribution is -2.41. The van der Waals surface area contributed by atoms with Gasteiger partial charge in [0.1, 0.15) is 5.82 Å². The summed E-state index contributed by atoms with van der Waals surface area (Å²) in [5.74, 6) is -0.496. The number of carbonyl (C=O) groups is 2. The molecule has 0 radical (unpaired) electrons. The number of thioether (sulfide) groups is 1. The summed E-state index contributed by atoms with van der Waals surface area (Å²) in [5.41, 5.74) is 0. The van der Waals surface area contributed by atoms with Crippen molar-refractivity contribution in [3.05, 3.63) is 5.82 Å². The van der Waals surface area contributed by atoms with Gasteiger partial charge in [0.25, 0.3) is 0 Å². The van der Waals surface area contributed by atoms with Crippen molar-refractivity contribution in [1.29, 1.82) is 0 Å². The van der Waals surface area contributed by atoms with E-state index in [0.29, 0.717) is 12.6 Å². The zero-order valence-electron chi connectivity index (χ0n) is 15.8. The number of carbonyl (C=O) groups excluding carboxylic acids is 1. The summed E-state index contributed by atoms with van der Waals surface area (Å²) < 4.78 is 2.28. The minimum absolute atomic E-state index is 0.189. The Labute approximate surface area is 158 Å². The lowest BCUT2D eigenvalue weighted by Gasteiger charge is -2.20. The first-order valence-corrected chi connectivity index (χ1v) is 10.4. The molecular weight excluding hydrogens is 354 g/mol. The largest absolute Gasteiger partial charge is 0.481 e. The Morgan fingerprint density at radius 3 is 2.69 bits per heavy atom. The fourth-order valence-corrected chi connectivity index (χ4v) is 3.87. The fourth-order valence-electron chi connectivity index (χ4n) is 3.29. The van der Waals surface area contributed by atoms with E-state index in [9.17, 15) is 9.59 Å². The Morgan fingerprint density at radius 2 is 2.08 bits per heavy atom. The number of hydrogen-bond donors (Lipinski definition) is 2. The summed E-state index contributed by atoms with van der Waals surface area (Å²) >= 11 is 1.62. The van der Waals surface area contributed by atoms with Gasteiger partial charge in [-0.2, -0.15) is 0 Å². The summed E-state index contributed by atoms with van der Waals surface area (Å²) in [6.45, 7) is 2.30. The van der Waals surface area contributed by atoms with Crippen molar-refractivity contribution in [1.82, 2.24) is 25.0 Å². The zero-order chi connectivity index (χ0) is 19.1. The summed E-state index contributed by atoms with van der Waals surface area (Å²) in [4.78, 5) is 24.3. The first-order valence-electron chi connectivity index (χ1n) is 9.13. The monoisotopic (exact) mass is 383 g/mol. The average molecular weight is 384 g/mol. The second-order valence-electron chi connectivity index (χ2n) is 6.87. The van der Waals surface area contributed by atoms with Crippen LogP contribution >= 0.6 is 11.8 Å². The van der Waals surface area contributed by atoms with E-state index < -0.39 is 11.9 Å². The molecule has 9 heteroatoms. The zero-order valence-corrected chi connectivity index (χ0v) is 16.6. The normalized spacial score (nSPS) is 15.8. The van der Waals surface area contributed by atoms with E-state index in [2.05, 4.69) is 20.1 Å². The van der Waals surface area contributed by atoms with Crippen LogP contribution in [0, 0.1) is 5.92 Å². The minimum Gasteiger partial charge on any atom is -0.481 e. The molecule has 26 heavy (non-hydrogen) atoms. The van der Waals surface area contributed by atoms with E-state index in [1.54, 1.807) is 25.7 Å². The molecule has 0 spiro atoms. The number of urea groups is 1. The molecule has 0 aliphatic heterocycles. The topological polar surface area (TPSA) is 100 Å². The smallest absolute Gasteiger partial charge is 0.317 e. The third-order valence-electron chi connectivity index (χ3n) is 4.78. The molecule has 1 aliphatic carbocycles. The number of nitrogens with zero attached hydrogens (tertiary/aromatic N) is 4. The van der Waals surface area contributed by atoms with Gasteiger partial charge in [-0.1, -0.05) is 31.5 Å². The SMILES string of the molecule is CSc1nnc(CCCNC(=O)N(C)CC(C)C(=O)O)n1C1CCCC1. The molecule has 1 saturated carbocycles. The summed E-state index contributed by atoms with van der Waals surface area (Å²) in [5, 5.41) is 21.4. The van der Waals surface area contributed by atoms with Crippen LogP contribution in [0.3, 0.4) is 0 Å². The Morgan fingerprint density at radius 1 is 1.38 bits per heavy atom. The van der Waals surface area contributed by atoms with E-state index in [1.165, 1.54) is 30.6 Å². The Balaban J connectivity index is 1.80. The van der Waals surface area contributed by atoms with Gasteiger partial charge in [-0.15, -0.1) is 10.2 Å². The molecule has 2 N–H and O–H groups in total. The number of carboxylic acid groups (broad SMARTS) is 1. The van der Waals surface area contributed by atoms with Gasteiger partial charge < -0.3 is 19.9 Å². The van der Waals surface area contributed by atoms with E-state index in [4.69, 9.17) is 5.11 Å². The van der Waals surface area contributed by atoms with Crippen LogP contribution in [0.15, 0.2) is 5.16 Å². The van der Waals surface area contributed by atoms with Crippen molar-refractivity contribution in [2.45, 2.75) is 56.6 Å². The Hall–Kier alpha value is -1.77. The number of carboxylic acids is 1. The van der Waals surface area contributed by atoms with Gasteiger partial charge in [-0.3, -0.25) is 4.79 Å². The summed E-state index contributed by atoms with van der Waals surface area (Å²) in [7, 11) is 1.61. The molecule has 1 aromatic rings. The standard InChI is InChI=1S/C17H29N5O3S/c1-12(15(23)24)11-21(2)16(25)18-10-6-9-14-19-20-17(26-3)22(14)13-7-4-5-8-13/h12-13H,4-11H2,1-3H3,(H,18,25)(H,23,24). The molecule has 0 saturated heterocycles. The Kier molecular flexibility index (Phi) is 7.74. The second-order valence-corrected chi connectivity index (χ2v) is 7.64. The van der Waals surface area contributed by atoms with E-state index >= 15 is 0 Å². The predicted molar refractivity (Wildman–Crippen MR) is 100 cm³/mol. The maximum atomic E-state index is 12.0. The lowest BCUT2D eigenvalue weighted by molar-refractivity contribution is -0.141. The van der Waals surface area contributed by atoms with Gasteiger partial charge in [0.15, 0.2) is 5.16 Å². The van der Waals surface area contributed by atoms with Crippen molar-refractivity contribution >= 4 is 23.8 Å². The number of hydrogen-bond acceptors (Lipinski definition) is 5. The molecule has 1 atom stereocenters. The molecule has 2 amide bonds. The number of aromatic nitrogens is 3. The van der Waals surface area contributed by atoms with E-state index in [-0.39, 0.29) is 12.6 Å². The van der Waals surface area contributed by atoms with Crippen LogP contribution in [-0.4, -0.2) is 63.2 Å². The molecule has 1 heterocycles. The van der Waals surface area contributed by atoms with Crippen molar-refractivity contribution in [2.75, 3.05) is 26.4 Å². The van der Waals surface area contributed by atoms with E-state index in [1.807, 2.05) is 6.26 Å². The van der Waals surface area contributed by atoms with Crippen LogP contribution in [0.2, 0.25) is 0 Å². The number of rotatable bonds is 9. The van der Waals surface area contributed by atoms with Crippen LogP contribution in [0.1, 0.15) is 50.9 Å². The van der Waals surface area contributed by atoms with Crippen LogP contribution < -0.4 is 5.32 Å². The van der Waals surface area contributed by atoms with Crippen molar-refractivity contribution < 1.29 is 14.7 Å². The third kappa shape index (κ3) is 5.36. The number of aliphatic carboxylic acids is 1. The molecule has 0 bridgehead atoms. The fraction of sp³-hybridized carbons (Fsp3) is 0.765. The average Bonchev–Trinajstić information content (AvgIpc) is 3.26. The predicted octanol–water partition coefficient (Wildman–Crippen LogP) is 2.41. The Bertz CT molecular complexity index is 616. The first kappa shape index (κ1) is 20.5. The maximum Gasteiger partial charge on any atom is 0.317 e. The molecule has 1 aliphatic rings. The summed E-state index contributed by atoms with van der Waals surface area (Å²) in [6.07, 6.45) is 8.44. The lowest BCUT2D eigenvalue weighted by atomic mass is 10.2. The number of aryl methyl sites for hydroxylation is 1. The maximum absolute atomic E-state index is 12.0. The molecule has 1 fully saturated rings. The quantitative estimate of drug-likeness (QED) is 0.502. The molecular formula is C17H29N5O3S. The molecule has 1 unspecified atom stereocenters. The minimum atomic E-state index is -0.902. The van der Waals surface area contributed by atoms with Gasteiger partial charge in [-0.05, 0) is 25.5 Å². The van der Waals surface area contributed by atoms with Crippen molar-refractivity contribution in [2.24, 2.45) is 5.92 Å². The van der Waals surface area contributed by atoms with Crippen LogP contribution in [0.4, 0.5) is 4.79 Å². The van der Waals surface area contributed by atoms with Crippen molar-refractivity contribution in [3.63, 3.8) is 0 Å². The first-order chi connectivity index (χ1) is 12.4. The highest BCUT2D eigenvalue weighted by Gasteiger charge is 2.23. The third-order valence-corrected chi connectivity index (χ3v) is 5.42. The molecule has 2 rings (SSSR count). The highest BCUT2D eigenvalue weighted by atomic mass is 32.2. The van der Waals surface area contributed by atoms with Gasteiger partial charge in [0.05, 0.1) is 5.92 Å². The van der Waals surface area contributed by atoms with Gasteiger partial charge in [0, 0.05) is 32.6 Å². The molecule has 146 valence electrons. The molecule has 0 aromatic carbocycles. The highest BCUT2D eigenvalue weighted by molar-refractivity contribution is 7.98. The van der Waals surface area contributed by atoms with Crippen LogP contribution in [-0.2, 0) is 11.2 Å². The van der Waals surface area contributed by atoms with Crippen LogP contribution in [0.5, 0.6) is 0 Å². The van der Waals surface area contributed by atoms with E-state index in [0.717, 1.165) is 23.8 Å².